The number of nitrogens with one attached hydrogen (secondary N) is 1. The third-order valence-corrected chi connectivity index (χ3v) is 8.36. The zero-order valence-electron chi connectivity index (χ0n) is 22.8. The van der Waals surface area contributed by atoms with Gasteiger partial charge in [0.2, 0.25) is 0 Å². The minimum atomic E-state index is -0.379. The molecule has 4 aromatic rings. The van der Waals surface area contributed by atoms with Gasteiger partial charge < -0.3 is 20.0 Å². The van der Waals surface area contributed by atoms with E-state index in [0.29, 0.717) is 23.7 Å². The molecule has 1 N–H and O–H groups in total. The lowest BCUT2D eigenvalue weighted by Gasteiger charge is -2.40. The third-order valence-electron chi connectivity index (χ3n) is 8.05. The van der Waals surface area contributed by atoms with E-state index in [1.807, 2.05) is 38.4 Å². The normalized spacial score (nSPS) is 17.4. The molecule has 11 heteroatoms. The maximum atomic E-state index is 12.8. The Morgan fingerprint density at radius 2 is 1.93 bits per heavy atom. The SMILES string of the molecule is [C-]#[N+]C1(C)CN(c2cc(-c3ccc(N4CCC(C)(NC(=O)c5ncccc5Cl)CC4)nc3)c3c(C#N)cnn3c2)C1. The minimum absolute atomic E-state index is 0.237. The molecule has 0 radical (unpaired) electrons. The summed E-state index contributed by atoms with van der Waals surface area (Å²) in [6, 6.07) is 11.7. The maximum absolute atomic E-state index is 12.8. The summed E-state index contributed by atoms with van der Waals surface area (Å²) >= 11 is 6.16. The van der Waals surface area contributed by atoms with E-state index >= 15 is 0 Å². The average molecular weight is 566 g/mol. The molecule has 0 spiro atoms. The second kappa shape index (κ2) is 10.1. The second-order valence-corrected chi connectivity index (χ2v) is 11.7. The van der Waals surface area contributed by atoms with Crippen molar-refractivity contribution in [2.45, 2.75) is 37.8 Å². The van der Waals surface area contributed by atoms with Gasteiger partial charge in [-0.2, -0.15) is 10.4 Å². The molecule has 6 rings (SSSR count). The molecular formula is C30H28ClN9O. The molecule has 0 atom stereocenters. The van der Waals surface area contributed by atoms with Gasteiger partial charge in [0.25, 0.3) is 11.4 Å². The predicted molar refractivity (Wildman–Crippen MR) is 157 cm³/mol. The number of pyridine rings is 3. The van der Waals surface area contributed by atoms with E-state index in [0.717, 1.165) is 54.1 Å². The van der Waals surface area contributed by atoms with Crippen molar-refractivity contribution >= 4 is 34.5 Å². The lowest BCUT2D eigenvalue weighted by atomic mass is 9.89. The number of carbonyl (C=O) groups excluding carboxylic acids is 1. The molecule has 2 aliphatic heterocycles. The first-order valence-corrected chi connectivity index (χ1v) is 13.8. The number of halogens is 1. The Hall–Kier alpha value is -4.67. The number of carbonyl (C=O) groups is 1. The van der Waals surface area contributed by atoms with Crippen LogP contribution in [0.25, 0.3) is 21.5 Å². The molecular weight excluding hydrogens is 538 g/mol. The summed E-state index contributed by atoms with van der Waals surface area (Å²) < 4.78 is 1.74. The van der Waals surface area contributed by atoms with Crippen molar-refractivity contribution in [2.75, 3.05) is 36.0 Å². The van der Waals surface area contributed by atoms with Crippen molar-refractivity contribution in [2.24, 2.45) is 0 Å². The van der Waals surface area contributed by atoms with E-state index in [1.165, 1.54) is 0 Å². The van der Waals surface area contributed by atoms with E-state index in [-0.39, 0.29) is 22.7 Å². The molecule has 206 valence electrons. The van der Waals surface area contributed by atoms with Crippen LogP contribution in [0.2, 0.25) is 5.02 Å². The Morgan fingerprint density at radius 3 is 2.59 bits per heavy atom. The molecule has 2 saturated heterocycles. The smallest absolute Gasteiger partial charge is 0.271 e. The number of aromatic nitrogens is 4. The molecule has 2 fully saturated rings. The number of hydrogen-bond donors (Lipinski definition) is 1. The van der Waals surface area contributed by atoms with Crippen LogP contribution in [-0.2, 0) is 0 Å². The van der Waals surface area contributed by atoms with Crippen molar-refractivity contribution in [3.8, 4) is 17.2 Å². The fourth-order valence-electron chi connectivity index (χ4n) is 5.58. The fraction of sp³-hybridized carbons (Fsp3) is 0.333. The average Bonchev–Trinajstić information content (AvgIpc) is 3.39. The van der Waals surface area contributed by atoms with Crippen LogP contribution in [0, 0.1) is 17.9 Å². The molecule has 0 aromatic carbocycles. The van der Waals surface area contributed by atoms with Crippen molar-refractivity contribution in [3.63, 3.8) is 0 Å². The number of rotatable bonds is 5. The molecule has 0 saturated carbocycles. The minimum Gasteiger partial charge on any atom is -0.356 e. The number of amides is 1. The zero-order valence-corrected chi connectivity index (χ0v) is 23.6. The van der Waals surface area contributed by atoms with Gasteiger partial charge in [-0.05, 0) is 50.1 Å². The third kappa shape index (κ3) is 4.92. The van der Waals surface area contributed by atoms with E-state index in [2.05, 4.69) is 42.2 Å². The molecule has 0 bridgehead atoms. The summed E-state index contributed by atoms with van der Waals surface area (Å²) in [6.45, 7) is 14.2. The van der Waals surface area contributed by atoms with E-state index in [1.54, 1.807) is 29.0 Å². The number of hydrogen-bond acceptors (Lipinski definition) is 7. The van der Waals surface area contributed by atoms with Crippen molar-refractivity contribution in [3.05, 3.63) is 82.8 Å². The second-order valence-electron chi connectivity index (χ2n) is 11.3. The lowest BCUT2D eigenvalue weighted by Crippen LogP contribution is -2.58. The van der Waals surface area contributed by atoms with E-state index in [4.69, 9.17) is 23.2 Å². The molecule has 2 aliphatic rings. The zero-order chi connectivity index (χ0) is 28.8. The fourth-order valence-corrected chi connectivity index (χ4v) is 5.79. The van der Waals surface area contributed by atoms with Crippen LogP contribution in [0.15, 0.2) is 55.1 Å². The first-order chi connectivity index (χ1) is 19.7. The first-order valence-electron chi connectivity index (χ1n) is 13.4. The van der Waals surface area contributed by atoms with Crippen LogP contribution in [0.4, 0.5) is 11.5 Å². The highest BCUT2D eigenvalue weighted by molar-refractivity contribution is 6.33. The monoisotopic (exact) mass is 565 g/mol. The lowest BCUT2D eigenvalue weighted by molar-refractivity contribution is 0.0886. The number of anilines is 2. The summed E-state index contributed by atoms with van der Waals surface area (Å²) in [5.74, 6) is 0.586. The topological polar surface area (TPSA) is 107 Å². The Labute approximate surface area is 243 Å². The van der Waals surface area contributed by atoms with Gasteiger partial charge in [-0.1, -0.05) is 11.6 Å². The summed E-state index contributed by atoms with van der Waals surface area (Å²) in [7, 11) is 0. The first kappa shape index (κ1) is 26.5. The van der Waals surface area contributed by atoms with Gasteiger partial charge in [0.05, 0.1) is 47.3 Å². The Balaban J connectivity index is 1.19. The van der Waals surface area contributed by atoms with Gasteiger partial charge in [-0.25, -0.2) is 21.1 Å². The molecule has 4 aromatic heterocycles. The number of nitrogens with zero attached hydrogens (tertiary/aromatic N) is 8. The van der Waals surface area contributed by atoms with Gasteiger partial charge in [0.15, 0.2) is 0 Å². The predicted octanol–water partition coefficient (Wildman–Crippen LogP) is 4.60. The van der Waals surface area contributed by atoms with Gasteiger partial charge >= 0.3 is 0 Å². The standard InChI is InChI=1S/C30H28ClN9O/c1-29(37-28(41)26-24(31)5-4-10-34-26)8-11-38(12-9-29)25-7-6-20(15-35-25)23-13-22(39-18-30(2,19-39)33-3)17-40-27(23)21(14-32)16-36-40/h4-7,10,13,15-17H,8-9,11-12,18-19H2,1-2H3,(H,37,41). The van der Waals surface area contributed by atoms with Gasteiger partial charge in [0, 0.05) is 49.1 Å². The Kier molecular flexibility index (Phi) is 6.51. The van der Waals surface area contributed by atoms with E-state index < -0.39 is 0 Å². The highest BCUT2D eigenvalue weighted by Crippen LogP contribution is 2.36. The summed E-state index contributed by atoms with van der Waals surface area (Å²) in [5.41, 5.74) is 3.41. The molecule has 10 nitrogen and oxygen atoms in total. The Bertz CT molecular complexity index is 1720. The van der Waals surface area contributed by atoms with Crippen LogP contribution in [-0.4, -0.2) is 62.7 Å². The van der Waals surface area contributed by atoms with Crippen LogP contribution >= 0.6 is 11.6 Å². The van der Waals surface area contributed by atoms with Crippen LogP contribution in [0.1, 0.15) is 42.7 Å². The number of fused-ring (bicyclic) bond motifs is 1. The van der Waals surface area contributed by atoms with Crippen molar-refractivity contribution in [1.29, 1.82) is 5.26 Å². The molecule has 6 heterocycles. The quantitative estimate of drug-likeness (QED) is 0.352. The summed E-state index contributed by atoms with van der Waals surface area (Å²) in [5, 5.41) is 17.6. The van der Waals surface area contributed by atoms with Gasteiger partial charge in [-0.15, -0.1) is 0 Å². The van der Waals surface area contributed by atoms with E-state index in [9.17, 15) is 10.1 Å². The summed E-state index contributed by atoms with van der Waals surface area (Å²) in [6.07, 6.45) is 8.38. The highest BCUT2D eigenvalue weighted by Gasteiger charge is 2.45. The van der Waals surface area contributed by atoms with Crippen LogP contribution in [0.3, 0.4) is 0 Å². The summed E-state index contributed by atoms with van der Waals surface area (Å²) in [4.78, 5) is 29.8. The number of nitriles is 1. The molecule has 1 amide bonds. The molecule has 0 aliphatic carbocycles. The molecule has 41 heavy (non-hydrogen) atoms. The number of piperidine rings is 1. The van der Waals surface area contributed by atoms with Gasteiger partial charge in [0.1, 0.15) is 17.6 Å². The Morgan fingerprint density at radius 1 is 1.15 bits per heavy atom. The van der Waals surface area contributed by atoms with Crippen LogP contribution < -0.4 is 15.1 Å². The molecule has 0 unspecified atom stereocenters. The van der Waals surface area contributed by atoms with Crippen molar-refractivity contribution in [1.82, 2.24) is 24.9 Å². The van der Waals surface area contributed by atoms with Gasteiger partial charge in [-0.3, -0.25) is 4.79 Å². The maximum Gasteiger partial charge on any atom is 0.271 e. The highest BCUT2D eigenvalue weighted by atomic mass is 35.5. The van der Waals surface area contributed by atoms with Crippen molar-refractivity contribution < 1.29 is 4.79 Å². The largest absolute Gasteiger partial charge is 0.356 e. The van der Waals surface area contributed by atoms with Crippen LogP contribution in [0.5, 0.6) is 0 Å².